The van der Waals surface area contributed by atoms with E-state index in [1.54, 1.807) is 0 Å². The molecule has 6 N–H and O–H groups in total. The molecular weight excluding hydrogens is 154 g/mol. The lowest BCUT2D eigenvalue weighted by molar-refractivity contribution is -0.318. The highest BCUT2D eigenvalue weighted by Gasteiger charge is 2.45. The van der Waals surface area contributed by atoms with Crippen LogP contribution in [0.25, 0.3) is 0 Å². The van der Waals surface area contributed by atoms with Gasteiger partial charge in [-0.1, -0.05) is 0 Å². The second-order valence-electron chi connectivity index (χ2n) is 2.57. The molecular formula is C5H11NO5. The van der Waals surface area contributed by atoms with Crippen LogP contribution < -0.4 is 5.73 Å². The van der Waals surface area contributed by atoms with Crippen LogP contribution in [0.15, 0.2) is 0 Å². The van der Waals surface area contributed by atoms with Gasteiger partial charge in [-0.05, 0) is 0 Å². The van der Waals surface area contributed by atoms with Crippen molar-refractivity contribution in [3.63, 3.8) is 0 Å². The molecule has 0 amide bonds. The lowest BCUT2D eigenvalue weighted by atomic mass is 10.0. The van der Waals surface area contributed by atoms with E-state index in [1.165, 1.54) is 0 Å². The molecule has 66 valence electrons. The molecule has 0 aromatic carbocycles. The van der Waals surface area contributed by atoms with E-state index in [9.17, 15) is 0 Å². The smallest absolute Gasteiger partial charge is 0.252 e. The van der Waals surface area contributed by atoms with E-state index in [2.05, 4.69) is 4.74 Å². The minimum absolute atomic E-state index is 0.300. The Labute approximate surface area is 62.8 Å². The molecule has 1 rings (SSSR count). The van der Waals surface area contributed by atoms with Crippen LogP contribution >= 0.6 is 0 Å². The van der Waals surface area contributed by atoms with E-state index in [-0.39, 0.29) is 6.61 Å². The molecule has 1 aliphatic rings. The van der Waals surface area contributed by atoms with E-state index >= 15 is 0 Å². The molecule has 0 aromatic rings. The van der Waals surface area contributed by atoms with E-state index in [0.717, 1.165) is 0 Å². The van der Waals surface area contributed by atoms with Gasteiger partial charge in [0.05, 0.1) is 6.61 Å². The van der Waals surface area contributed by atoms with Crippen molar-refractivity contribution in [3.8, 4) is 0 Å². The number of nitrogens with two attached hydrogens (primary N) is 1. The van der Waals surface area contributed by atoms with Crippen molar-refractivity contribution in [1.82, 2.24) is 0 Å². The highest BCUT2D eigenvalue weighted by atomic mass is 16.7. The largest absolute Gasteiger partial charge is 0.388 e. The van der Waals surface area contributed by atoms with Gasteiger partial charge in [0, 0.05) is 0 Å². The molecule has 6 heteroatoms. The minimum Gasteiger partial charge on any atom is -0.388 e. The quantitative estimate of drug-likeness (QED) is 0.240. The molecule has 1 saturated heterocycles. The lowest BCUT2D eigenvalue weighted by Crippen LogP contribution is -2.65. The van der Waals surface area contributed by atoms with Crippen molar-refractivity contribution in [2.45, 2.75) is 24.2 Å². The molecule has 0 spiro atoms. The molecule has 0 saturated carbocycles. The summed E-state index contributed by atoms with van der Waals surface area (Å²) in [5.41, 5.74) is 4.99. The van der Waals surface area contributed by atoms with Crippen molar-refractivity contribution in [2.75, 3.05) is 6.61 Å². The molecule has 4 atom stereocenters. The molecule has 1 fully saturated rings. The van der Waals surface area contributed by atoms with Crippen LogP contribution in [-0.2, 0) is 4.74 Å². The fraction of sp³-hybridized carbons (Fsp3) is 1.00. The van der Waals surface area contributed by atoms with Gasteiger partial charge < -0.3 is 25.2 Å². The summed E-state index contributed by atoms with van der Waals surface area (Å²) in [5.74, 6) is -2.27. The Kier molecular flexibility index (Phi) is 2.15. The van der Waals surface area contributed by atoms with Gasteiger partial charge >= 0.3 is 0 Å². The normalized spacial score (nSPS) is 52.6. The van der Waals surface area contributed by atoms with Gasteiger partial charge in [0.25, 0.3) is 5.91 Å². The van der Waals surface area contributed by atoms with Crippen molar-refractivity contribution in [3.05, 3.63) is 0 Å². The predicted molar refractivity (Wildman–Crippen MR) is 33.1 cm³/mol. The predicted octanol–water partition coefficient (Wildman–Crippen LogP) is -3.30. The number of rotatable bonds is 0. The Morgan fingerprint density at radius 2 is 1.91 bits per heavy atom. The summed E-state index contributed by atoms with van der Waals surface area (Å²) in [6.07, 6.45) is -4.38. The number of hydrogen-bond acceptors (Lipinski definition) is 6. The average Bonchev–Trinajstić information content (AvgIpc) is 1.95. The highest BCUT2D eigenvalue weighted by Crippen LogP contribution is 2.18. The molecule has 0 aromatic heterocycles. The van der Waals surface area contributed by atoms with E-state index in [0.29, 0.717) is 0 Å². The number of ether oxygens (including phenoxy) is 1. The zero-order chi connectivity index (χ0) is 8.65. The van der Waals surface area contributed by atoms with E-state index in [4.69, 9.17) is 26.2 Å². The summed E-state index contributed by atoms with van der Waals surface area (Å²) in [7, 11) is 0. The van der Waals surface area contributed by atoms with Crippen LogP contribution in [0.2, 0.25) is 0 Å². The first-order valence-corrected chi connectivity index (χ1v) is 3.14. The van der Waals surface area contributed by atoms with Crippen molar-refractivity contribution < 1.29 is 25.2 Å². The first-order valence-electron chi connectivity index (χ1n) is 3.14. The van der Waals surface area contributed by atoms with Crippen LogP contribution in [0.5, 0.6) is 0 Å². The first kappa shape index (κ1) is 8.85. The third kappa shape index (κ3) is 1.51. The summed E-state index contributed by atoms with van der Waals surface area (Å²) in [6, 6.07) is 0. The Balaban J connectivity index is 2.67. The van der Waals surface area contributed by atoms with Gasteiger partial charge in [-0.15, -0.1) is 0 Å². The maximum Gasteiger partial charge on any atom is 0.252 e. The lowest BCUT2D eigenvalue weighted by Gasteiger charge is -2.38. The Hall–Kier alpha value is -0.240. The zero-order valence-electron chi connectivity index (χ0n) is 5.71. The molecule has 1 aliphatic heterocycles. The van der Waals surface area contributed by atoms with Gasteiger partial charge in [0.2, 0.25) is 0 Å². The standard InChI is InChI=1S/C5H11NO5/c6-5(10)4(9)3(8)2(7)1-11-5/h2-4,7-10H,1,6H2/t2-,3+,4-,5?/m1/s1. The van der Waals surface area contributed by atoms with Crippen LogP contribution in [0.1, 0.15) is 0 Å². The van der Waals surface area contributed by atoms with E-state index in [1.807, 2.05) is 0 Å². The second kappa shape index (κ2) is 2.67. The summed E-state index contributed by atoms with van der Waals surface area (Å²) in [6.45, 7) is -0.300. The number of hydrogen-bond donors (Lipinski definition) is 5. The monoisotopic (exact) mass is 165 g/mol. The molecule has 11 heavy (non-hydrogen) atoms. The van der Waals surface area contributed by atoms with Crippen LogP contribution in [-0.4, -0.2) is 51.3 Å². The zero-order valence-corrected chi connectivity index (χ0v) is 5.71. The first-order chi connectivity index (χ1) is 4.95. The number of aliphatic hydroxyl groups is 4. The Morgan fingerprint density at radius 3 is 2.36 bits per heavy atom. The Morgan fingerprint density at radius 1 is 1.36 bits per heavy atom. The van der Waals surface area contributed by atoms with Gasteiger partial charge in [0.1, 0.15) is 12.2 Å². The van der Waals surface area contributed by atoms with Crippen molar-refractivity contribution in [2.24, 2.45) is 5.73 Å². The number of aliphatic hydroxyl groups excluding tert-OH is 3. The summed E-state index contributed by atoms with van der Waals surface area (Å²) >= 11 is 0. The third-order valence-corrected chi connectivity index (χ3v) is 1.63. The third-order valence-electron chi connectivity index (χ3n) is 1.63. The van der Waals surface area contributed by atoms with Crippen LogP contribution in [0.3, 0.4) is 0 Å². The molecule has 0 radical (unpaired) electrons. The minimum atomic E-state index is -2.27. The molecule has 6 nitrogen and oxygen atoms in total. The summed E-state index contributed by atoms with van der Waals surface area (Å²) < 4.78 is 4.43. The van der Waals surface area contributed by atoms with Crippen molar-refractivity contribution >= 4 is 0 Å². The van der Waals surface area contributed by atoms with Gasteiger partial charge in [-0.2, -0.15) is 0 Å². The SMILES string of the molecule is NC1(O)OC[C@@H](O)[C@H](O)[C@H]1O. The topological polar surface area (TPSA) is 116 Å². The van der Waals surface area contributed by atoms with E-state index < -0.39 is 24.2 Å². The fourth-order valence-electron chi connectivity index (χ4n) is 0.858. The molecule has 1 unspecified atom stereocenters. The molecule has 0 bridgehead atoms. The maximum atomic E-state index is 8.97. The van der Waals surface area contributed by atoms with Gasteiger partial charge in [-0.3, -0.25) is 5.73 Å². The fourth-order valence-corrected chi connectivity index (χ4v) is 0.858. The molecule has 1 heterocycles. The van der Waals surface area contributed by atoms with Crippen LogP contribution in [0, 0.1) is 0 Å². The van der Waals surface area contributed by atoms with Gasteiger partial charge in [-0.25, -0.2) is 0 Å². The highest BCUT2D eigenvalue weighted by molar-refractivity contribution is 4.87. The Bertz CT molecular complexity index is 150. The van der Waals surface area contributed by atoms with Crippen LogP contribution in [0.4, 0.5) is 0 Å². The maximum absolute atomic E-state index is 8.97. The summed E-state index contributed by atoms with van der Waals surface area (Å²) in [5, 5.41) is 35.8. The van der Waals surface area contributed by atoms with Gasteiger partial charge in [0.15, 0.2) is 6.10 Å². The summed E-state index contributed by atoms with van der Waals surface area (Å²) in [4.78, 5) is 0. The second-order valence-corrected chi connectivity index (χ2v) is 2.57. The average molecular weight is 165 g/mol. The van der Waals surface area contributed by atoms with Crippen molar-refractivity contribution in [1.29, 1.82) is 0 Å². The molecule has 0 aliphatic carbocycles.